The zero-order chi connectivity index (χ0) is 30.2. The van der Waals surface area contributed by atoms with Gasteiger partial charge >= 0.3 is 0 Å². The van der Waals surface area contributed by atoms with Crippen LogP contribution in [0.5, 0.6) is 17.2 Å². The van der Waals surface area contributed by atoms with Gasteiger partial charge in [-0.25, -0.2) is 4.39 Å². The van der Waals surface area contributed by atoms with E-state index in [-0.39, 0.29) is 42.4 Å². The number of rotatable bonds is 3. The van der Waals surface area contributed by atoms with Gasteiger partial charge in [0.2, 0.25) is 5.91 Å². The zero-order valence-electron chi connectivity index (χ0n) is 24.4. The lowest BCUT2D eigenvalue weighted by Crippen LogP contribution is -2.36. The highest BCUT2D eigenvalue weighted by atomic mass is 19.1. The first kappa shape index (κ1) is 30.1. The second-order valence-electron chi connectivity index (χ2n) is 11.1. The number of aromatic nitrogens is 2. The number of hydrogen-bond donors (Lipinski definition) is 3. The second-order valence-corrected chi connectivity index (χ2v) is 11.1. The van der Waals surface area contributed by atoms with Crippen molar-refractivity contribution in [3.8, 4) is 17.2 Å². The average molecular weight is 592 g/mol. The molecule has 3 aliphatic rings. The van der Waals surface area contributed by atoms with Crippen LogP contribution in [-0.4, -0.2) is 59.6 Å². The quantitative estimate of drug-likeness (QED) is 0.391. The van der Waals surface area contributed by atoms with Gasteiger partial charge in [-0.05, 0) is 61.6 Å². The van der Waals surface area contributed by atoms with Gasteiger partial charge in [-0.15, -0.1) is 0 Å². The smallest absolute Gasteiger partial charge is 0.257 e. The molecule has 6 rings (SSSR count). The standard InChI is InChI=1S/C32H38FN5O5/c1-42-28-17-23-10-11-27(28)43-25-16-21(15-24(33)18-25)19-35-29(39)9-5-13-38(14-6-12-34-31(23)40)32(41)26-20-36-37-30(26)22-7-3-2-4-8-22/h10-11,15-18,20,22H,2-9,12-14,19H2,1H3,(H,34,40)(H,35,39)(H,36,37). The van der Waals surface area contributed by atoms with Crippen molar-refractivity contribution in [2.75, 3.05) is 26.7 Å². The summed E-state index contributed by atoms with van der Waals surface area (Å²) in [5.41, 5.74) is 2.37. The van der Waals surface area contributed by atoms with Crippen LogP contribution in [0.4, 0.5) is 4.39 Å². The summed E-state index contributed by atoms with van der Waals surface area (Å²) in [5, 5.41) is 13.0. The molecule has 228 valence electrons. The molecule has 3 heterocycles. The number of H-pyrrole nitrogens is 1. The molecule has 10 nitrogen and oxygen atoms in total. The van der Waals surface area contributed by atoms with E-state index >= 15 is 0 Å². The van der Waals surface area contributed by atoms with Crippen LogP contribution >= 0.6 is 0 Å². The van der Waals surface area contributed by atoms with E-state index in [4.69, 9.17) is 9.47 Å². The third-order valence-corrected chi connectivity index (χ3v) is 8.00. The molecule has 0 spiro atoms. The molecule has 1 aliphatic carbocycles. The Hall–Kier alpha value is -4.41. The van der Waals surface area contributed by atoms with Crippen molar-refractivity contribution in [3.63, 3.8) is 0 Å². The molecule has 2 aliphatic heterocycles. The van der Waals surface area contributed by atoms with E-state index in [9.17, 15) is 18.8 Å². The lowest BCUT2D eigenvalue weighted by molar-refractivity contribution is -0.121. The van der Waals surface area contributed by atoms with Gasteiger partial charge in [0.1, 0.15) is 11.6 Å². The van der Waals surface area contributed by atoms with Crippen LogP contribution in [0.15, 0.2) is 42.6 Å². The fourth-order valence-corrected chi connectivity index (χ4v) is 5.75. The fourth-order valence-electron chi connectivity index (χ4n) is 5.75. The number of halogens is 1. The fraction of sp³-hybridized carbons (Fsp3) is 0.438. The van der Waals surface area contributed by atoms with Crippen LogP contribution in [0.1, 0.15) is 89.3 Å². The first-order chi connectivity index (χ1) is 20.9. The zero-order valence-corrected chi connectivity index (χ0v) is 24.4. The molecule has 0 radical (unpaired) electrons. The van der Waals surface area contributed by atoms with Crippen molar-refractivity contribution in [3.05, 3.63) is 70.8 Å². The van der Waals surface area contributed by atoms with Crippen LogP contribution in [0, 0.1) is 5.82 Å². The molecule has 1 fully saturated rings. The number of amides is 3. The normalized spacial score (nSPS) is 17.5. The Morgan fingerprint density at radius 2 is 1.84 bits per heavy atom. The van der Waals surface area contributed by atoms with Crippen LogP contribution in [0.3, 0.4) is 0 Å². The Balaban J connectivity index is 1.35. The highest BCUT2D eigenvalue weighted by Crippen LogP contribution is 2.34. The van der Waals surface area contributed by atoms with Gasteiger partial charge in [-0.1, -0.05) is 19.3 Å². The number of fused-ring (bicyclic) bond motifs is 13. The SMILES string of the molecule is COc1cc2ccc1Oc1cc(F)cc(c1)CNC(=O)CCCN(C(=O)c1cn[nH]c1C1CCCCC1)CCCNC2=O. The minimum absolute atomic E-state index is 0.117. The lowest BCUT2D eigenvalue weighted by atomic mass is 9.85. The van der Waals surface area contributed by atoms with Crippen molar-refractivity contribution >= 4 is 17.7 Å². The highest BCUT2D eigenvalue weighted by molar-refractivity contribution is 5.96. The number of ether oxygens (including phenoxy) is 2. The number of carbonyl (C=O) groups excluding carboxylic acids is 3. The van der Waals surface area contributed by atoms with Crippen LogP contribution in [-0.2, 0) is 11.3 Å². The number of nitrogens with zero attached hydrogens (tertiary/aromatic N) is 2. The topological polar surface area (TPSA) is 126 Å². The van der Waals surface area contributed by atoms with E-state index in [1.165, 1.54) is 25.7 Å². The molecule has 4 bridgehead atoms. The second kappa shape index (κ2) is 14.2. The molecule has 1 saturated carbocycles. The number of benzene rings is 2. The summed E-state index contributed by atoms with van der Waals surface area (Å²) < 4.78 is 25.7. The Morgan fingerprint density at radius 3 is 2.65 bits per heavy atom. The van der Waals surface area contributed by atoms with E-state index in [1.807, 2.05) is 0 Å². The predicted octanol–water partition coefficient (Wildman–Crippen LogP) is 5.07. The Morgan fingerprint density at radius 1 is 1.02 bits per heavy atom. The molecule has 0 saturated heterocycles. The van der Waals surface area contributed by atoms with Gasteiger partial charge in [-0.3, -0.25) is 19.5 Å². The summed E-state index contributed by atoms with van der Waals surface area (Å²) in [6.07, 6.45) is 8.30. The lowest BCUT2D eigenvalue weighted by Gasteiger charge is -2.25. The minimum Gasteiger partial charge on any atom is -0.493 e. The third kappa shape index (κ3) is 7.71. The molecule has 0 atom stereocenters. The average Bonchev–Trinajstić information content (AvgIpc) is 3.51. The molecule has 0 unspecified atom stereocenters. The van der Waals surface area contributed by atoms with Crippen LogP contribution in [0.2, 0.25) is 0 Å². The summed E-state index contributed by atoms with van der Waals surface area (Å²) in [7, 11) is 1.46. The Kier molecular flexibility index (Phi) is 9.91. The molecule has 43 heavy (non-hydrogen) atoms. The van der Waals surface area contributed by atoms with Gasteiger partial charge in [0.05, 0.1) is 24.6 Å². The number of carbonyl (C=O) groups is 3. The first-order valence-electron chi connectivity index (χ1n) is 14.9. The van der Waals surface area contributed by atoms with Crippen molar-refractivity contribution in [1.82, 2.24) is 25.7 Å². The maximum atomic E-state index is 14.4. The molecule has 2 aromatic carbocycles. The first-order valence-corrected chi connectivity index (χ1v) is 14.9. The van der Waals surface area contributed by atoms with Crippen molar-refractivity contribution < 1.29 is 28.2 Å². The van der Waals surface area contributed by atoms with E-state index in [1.54, 1.807) is 35.4 Å². The maximum Gasteiger partial charge on any atom is 0.257 e. The number of hydrogen-bond acceptors (Lipinski definition) is 6. The van der Waals surface area contributed by atoms with Crippen molar-refractivity contribution in [1.29, 1.82) is 0 Å². The summed E-state index contributed by atoms with van der Waals surface area (Å²) in [6.45, 7) is 1.23. The van der Waals surface area contributed by atoms with Crippen LogP contribution < -0.4 is 20.1 Å². The van der Waals surface area contributed by atoms with E-state index in [0.717, 1.165) is 31.4 Å². The van der Waals surface area contributed by atoms with Gasteiger partial charge in [0.15, 0.2) is 11.5 Å². The largest absolute Gasteiger partial charge is 0.493 e. The predicted molar refractivity (Wildman–Crippen MR) is 158 cm³/mol. The van der Waals surface area contributed by atoms with Crippen molar-refractivity contribution in [2.24, 2.45) is 0 Å². The van der Waals surface area contributed by atoms with Gasteiger partial charge < -0.3 is 25.0 Å². The van der Waals surface area contributed by atoms with Gasteiger partial charge in [0.25, 0.3) is 11.8 Å². The maximum absolute atomic E-state index is 14.4. The molecule has 3 aromatic rings. The van der Waals surface area contributed by atoms with Gasteiger partial charge in [-0.2, -0.15) is 5.10 Å². The summed E-state index contributed by atoms with van der Waals surface area (Å²) >= 11 is 0. The van der Waals surface area contributed by atoms with Crippen LogP contribution in [0.25, 0.3) is 0 Å². The van der Waals surface area contributed by atoms with E-state index in [2.05, 4.69) is 20.8 Å². The molecule has 3 amide bonds. The monoisotopic (exact) mass is 591 g/mol. The highest BCUT2D eigenvalue weighted by Gasteiger charge is 2.26. The third-order valence-electron chi connectivity index (χ3n) is 8.00. The van der Waals surface area contributed by atoms with Gasteiger partial charge in [0, 0.05) is 50.1 Å². The van der Waals surface area contributed by atoms with E-state index < -0.39 is 5.82 Å². The van der Waals surface area contributed by atoms with Crippen molar-refractivity contribution in [2.45, 2.75) is 63.8 Å². The minimum atomic E-state index is -0.514. The summed E-state index contributed by atoms with van der Waals surface area (Å²) in [5.74, 6) is -0.000670. The van der Waals surface area contributed by atoms with E-state index in [0.29, 0.717) is 60.7 Å². The Labute approximate surface area is 250 Å². The Bertz CT molecular complexity index is 1450. The molecule has 1 aromatic heterocycles. The summed E-state index contributed by atoms with van der Waals surface area (Å²) in [6, 6.07) is 8.96. The summed E-state index contributed by atoms with van der Waals surface area (Å²) in [4.78, 5) is 41.1. The molecular weight excluding hydrogens is 553 g/mol. The molecule has 3 N–H and O–H groups in total. The number of aromatic amines is 1. The molecular formula is C32H38FN5O5. The molecule has 11 heteroatoms. The number of nitrogens with one attached hydrogen (secondary N) is 3. The number of methoxy groups -OCH3 is 1.